The number of aromatic nitrogens is 1. The van der Waals surface area contributed by atoms with Crippen LogP contribution in [-0.2, 0) is 6.54 Å². The molecule has 0 radical (unpaired) electrons. The molecule has 0 aliphatic carbocycles. The molecule has 3 aromatic rings. The molecule has 4 rings (SSSR count). The first kappa shape index (κ1) is 22.9. The number of nitrogens with one attached hydrogen (secondary N) is 2. The maximum absolute atomic E-state index is 13.2. The quantitative estimate of drug-likeness (QED) is 0.405. The van der Waals surface area contributed by atoms with Crippen LogP contribution in [0.2, 0.25) is 0 Å². The molecule has 2 amide bonds. The van der Waals surface area contributed by atoms with Crippen molar-refractivity contribution >= 4 is 28.9 Å². The molecule has 9 heteroatoms. The highest BCUT2D eigenvalue weighted by Crippen LogP contribution is 2.28. The third-order valence-electron chi connectivity index (χ3n) is 5.71. The van der Waals surface area contributed by atoms with Gasteiger partial charge in [0.05, 0.1) is 10.5 Å². The number of rotatable bonds is 7. The summed E-state index contributed by atoms with van der Waals surface area (Å²) >= 11 is 0. The average molecular weight is 460 g/mol. The number of pyridine rings is 1. The van der Waals surface area contributed by atoms with E-state index in [-0.39, 0.29) is 17.2 Å². The van der Waals surface area contributed by atoms with Gasteiger partial charge < -0.3 is 15.5 Å². The summed E-state index contributed by atoms with van der Waals surface area (Å²) in [7, 11) is 0. The van der Waals surface area contributed by atoms with E-state index in [0.29, 0.717) is 17.8 Å². The summed E-state index contributed by atoms with van der Waals surface area (Å²) < 4.78 is 0. The van der Waals surface area contributed by atoms with Gasteiger partial charge in [0.25, 0.3) is 17.5 Å². The summed E-state index contributed by atoms with van der Waals surface area (Å²) in [5, 5.41) is 16.6. The Morgan fingerprint density at radius 2 is 1.76 bits per heavy atom. The Bertz CT molecular complexity index is 1180. The molecule has 34 heavy (non-hydrogen) atoms. The van der Waals surface area contributed by atoms with Crippen LogP contribution in [0.5, 0.6) is 0 Å². The summed E-state index contributed by atoms with van der Waals surface area (Å²) in [6.07, 6.45) is 6.68. The van der Waals surface area contributed by atoms with Crippen LogP contribution in [0.1, 0.15) is 45.5 Å². The Morgan fingerprint density at radius 1 is 1.00 bits per heavy atom. The number of carbonyl (C=O) groups excluding carboxylic acids is 2. The lowest BCUT2D eigenvalue weighted by Crippen LogP contribution is -2.32. The molecular formula is C25H25N5O4. The first-order valence-corrected chi connectivity index (χ1v) is 11.1. The second-order valence-corrected chi connectivity index (χ2v) is 8.08. The van der Waals surface area contributed by atoms with Gasteiger partial charge >= 0.3 is 0 Å². The lowest BCUT2D eigenvalue weighted by molar-refractivity contribution is -0.384. The standard InChI is InChI=1S/C25H25N5O4/c31-24(19-6-9-21(10-7-19)30(33)34)28-20-8-11-23(29-13-2-1-3-14-29)22(15-20)25(32)27-17-18-5-4-12-26-16-18/h4-12,15-16H,1-3,13-14,17H2,(H,27,32)(H,28,31). The van der Waals surface area contributed by atoms with Gasteiger partial charge in [0.2, 0.25) is 0 Å². The SMILES string of the molecule is O=C(Nc1ccc(N2CCCCC2)c(C(=O)NCc2cccnc2)c1)c1ccc([N+](=O)[O-])cc1. The molecule has 0 atom stereocenters. The molecule has 2 N–H and O–H groups in total. The largest absolute Gasteiger partial charge is 0.371 e. The Kier molecular flexibility index (Phi) is 7.12. The summed E-state index contributed by atoms with van der Waals surface area (Å²) in [5.41, 5.74) is 2.86. The van der Waals surface area contributed by atoms with Crippen LogP contribution < -0.4 is 15.5 Å². The molecule has 0 spiro atoms. The second kappa shape index (κ2) is 10.6. The number of non-ortho nitro benzene ring substituents is 1. The van der Waals surface area contributed by atoms with E-state index in [1.807, 2.05) is 18.2 Å². The molecule has 2 aromatic carbocycles. The van der Waals surface area contributed by atoms with Crippen molar-refractivity contribution in [2.75, 3.05) is 23.3 Å². The summed E-state index contributed by atoms with van der Waals surface area (Å²) in [4.78, 5) is 42.4. The van der Waals surface area contributed by atoms with E-state index in [1.165, 1.54) is 30.7 Å². The van der Waals surface area contributed by atoms with Crippen LogP contribution >= 0.6 is 0 Å². The molecule has 0 unspecified atom stereocenters. The van der Waals surface area contributed by atoms with Gasteiger partial charge in [-0.05, 0) is 61.2 Å². The molecule has 0 bridgehead atoms. The van der Waals surface area contributed by atoms with Gasteiger partial charge in [0.15, 0.2) is 0 Å². The Morgan fingerprint density at radius 3 is 2.44 bits per heavy atom. The molecule has 174 valence electrons. The zero-order valence-corrected chi connectivity index (χ0v) is 18.6. The van der Waals surface area contributed by atoms with Crippen molar-refractivity contribution < 1.29 is 14.5 Å². The van der Waals surface area contributed by atoms with E-state index in [1.54, 1.807) is 24.5 Å². The number of amides is 2. The number of anilines is 2. The maximum atomic E-state index is 13.2. The molecule has 1 saturated heterocycles. The van der Waals surface area contributed by atoms with Crippen molar-refractivity contribution in [3.63, 3.8) is 0 Å². The van der Waals surface area contributed by atoms with E-state index in [4.69, 9.17) is 0 Å². The van der Waals surface area contributed by atoms with Crippen LogP contribution in [-0.4, -0.2) is 34.8 Å². The van der Waals surface area contributed by atoms with E-state index in [0.717, 1.165) is 37.2 Å². The van der Waals surface area contributed by atoms with Gasteiger partial charge in [-0.2, -0.15) is 0 Å². The first-order chi connectivity index (χ1) is 16.5. The number of carbonyl (C=O) groups is 2. The van der Waals surface area contributed by atoms with Crippen molar-refractivity contribution in [3.8, 4) is 0 Å². The highest BCUT2D eigenvalue weighted by Gasteiger charge is 2.20. The lowest BCUT2D eigenvalue weighted by Gasteiger charge is -2.30. The topological polar surface area (TPSA) is 117 Å². The smallest absolute Gasteiger partial charge is 0.269 e. The number of piperidine rings is 1. The first-order valence-electron chi connectivity index (χ1n) is 11.1. The van der Waals surface area contributed by atoms with Crippen LogP contribution in [0.3, 0.4) is 0 Å². The van der Waals surface area contributed by atoms with Gasteiger partial charge in [-0.25, -0.2) is 0 Å². The van der Waals surface area contributed by atoms with Crippen LogP contribution in [0.25, 0.3) is 0 Å². The van der Waals surface area contributed by atoms with Crippen molar-refractivity contribution in [1.82, 2.24) is 10.3 Å². The molecule has 2 heterocycles. The van der Waals surface area contributed by atoms with Gasteiger partial charge in [0, 0.05) is 61.1 Å². The van der Waals surface area contributed by atoms with E-state index in [9.17, 15) is 19.7 Å². The Labute approximate surface area is 197 Å². The highest BCUT2D eigenvalue weighted by atomic mass is 16.6. The van der Waals surface area contributed by atoms with E-state index < -0.39 is 10.8 Å². The van der Waals surface area contributed by atoms with Crippen molar-refractivity contribution in [2.24, 2.45) is 0 Å². The van der Waals surface area contributed by atoms with E-state index >= 15 is 0 Å². The zero-order chi connectivity index (χ0) is 23.9. The molecule has 9 nitrogen and oxygen atoms in total. The summed E-state index contributed by atoms with van der Waals surface area (Å²) in [5.74, 6) is -0.654. The number of benzene rings is 2. The Hall–Kier alpha value is -4.27. The molecule has 1 aliphatic rings. The second-order valence-electron chi connectivity index (χ2n) is 8.08. The number of hydrogen-bond donors (Lipinski definition) is 2. The molecule has 0 saturated carbocycles. The maximum Gasteiger partial charge on any atom is 0.269 e. The zero-order valence-electron chi connectivity index (χ0n) is 18.6. The van der Waals surface area contributed by atoms with Crippen molar-refractivity contribution in [1.29, 1.82) is 0 Å². The predicted molar refractivity (Wildman–Crippen MR) is 129 cm³/mol. The summed E-state index contributed by atoms with van der Waals surface area (Å²) in [6.45, 7) is 2.08. The predicted octanol–water partition coefficient (Wildman–Crippen LogP) is 4.16. The fourth-order valence-electron chi connectivity index (χ4n) is 3.92. The van der Waals surface area contributed by atoms with Gasteiger partial charge in [0.1, 0.15) is 0 Å². The number of nitrogens with zero attached hydrogens (tertiary/aromatic N) is 3. The number of nitro groups is 1. The molecule has 1 aliphatic heterocycles. The van der Waals surface area contributed by atoms with Gasteiger partial charge in [-0.3, -0.25) is 24.7 Å². The lowest BCUT2D eigenvalue weighted by atomic mass is 10.1. The monoisotopic (exact) mass is 459 g/mol. The fourth-order valence-corrected chi connectivity index (χ4v) is 3.92. The molecule has 1 fully saturated rings. The minimum Gasteiger partial charge on any atom is -0.371 e. The molecule has 1 aromatic heterocycles. The minimum atomic E-state index is -0.516. The Balaban J connectivity index is 1.55. The highest BCUT2D eigenvalue weighted by molar-refractivity contribution is 6.06. The number of hydrogen-bond acceptors (Lipinski definition) is 6. The number of nitro benzene ring substituents is 1. The van der Waals surface area contributed by atoms with Crippen molar-refractivity contribution in [3.05, 3.63) is 93.8 Å². The van der Waals surface area contributed by atoms with Crippen molar-refractivity contribution in [2.45, 2.75) is 25.8 Å². The normalized spacial score (nSPS) is 13.2. The van der Waals surface area contributed by atoms with E-state index in [2.05, 4.69) is 20.5 Å². The van der Waals surface area contributed by atoms with Crippen LogP contribution in [0, 0.1) is 10.1 Å². The van der Waals surface area contributed by atoms with Gasteiger partial charge in [-0.15, -0.1) is 0 Å². The molecular weight excluding hydrogens is 434 g/mol. The van der Waals surface area contributed by atoms with Crippen LogP contribution in [0.15, 0.2) is 67.0 Å². The third kappa shape index (κ3) is 5.55. The fraction of sp³-hybridized carbons (Fsp3) is 0.240. The average Bonchev–Trinajstić information content (AvgIpc) is 2.88. The minimum absolute atomic E-state index is 0.0880. The van der Waals surface area contributed by atoms with Gasteiger partial charge in [-0.1, -0.05) is 6.07 Å². The van der Waals surface area contributed by atoms with Crippen LogP contribution in [0.4, 0.5) is 17.1 Å². The summed E-state index contributed by atoms with van der Waals surface area (Å²) in [6, 6.07) is 14.4. The third-order valence-corrected chi connectivity index (χ3v) is 5.71.